The van der Waals surface area contributed by atoms with Crippen LogP contribution >= 0.6 is 0 Å². The van der Waals surface area contributed by atoms with Crippen molar-refractivity contribution in [3.05, 3.63) is 41.8 Å². The van der Waals surface area contributed by atoms with Gasteiger partial charge in [-0.25, -0.2) is 4.39 Å². The van der Waals surface area contributed by atoms with Crippen molar-refractivity contribution < 1.29 is 18.5 Å². The Morgan fingerprint density at radius 2 is 2.00 bits per heavy atom. The van der Waals surface area contributed by atoms with Gasteiger partial charge in [-0.2, -0.15) is 0 Å². The highest BCUT2D eigenvalue weighted by atomic mass is 19.1. The second kappa shape index (κ2) is 7.25. The molecule has 3 rings (SSSR count). The van der Waals surface area contributed by atoms with Gasteiger partial charge in [-0.15, -0.1) is 0 Å². The van der Waals surface area contributed by atoms with Crippen LogP contribution in [0, 0.1) is 5.82 Å². The van der Waals surface area contributed by atoms with Gasteiger partial charge < -0.3 is 14.7 Å². The summed E-state index contributed by atoms with van der Waals surface area (Å²) in [7, 11) is 0. The Balaban J connectivity index is 1.47. The fourth-order valence-electron chi connectivity index (χ4n) is 2.39. The largest absolute Gasteiger partial charge is 0.355 e. The molecule has 2 heterocycles. The third-order valence-corrected chi connectivity index (χ3v) is 3.93. The summed E-state index contributed by atoms with van der Waals surface area (Å²) >= 11 is 0. The van der Waals surface area contributed by atoms with Gasteiger partial charge in [0.05, 0.1) is 0 Å². The summed E-state index contributed by atoms with van der Waals surface area (Å²) in [6.45, 7) is 2.09. The predicted octanol–water partition coefficient (Wildman–Crippen LogP) is 2.22. The lowest BCUT2D eigenvalue weighted by molar-refractivity contribution is -0.134. The molecular weight excluding hydrogens is 313 g/mol. The summed E-state index contributed by atoms with van der Waals surface area (Å²) in [5.74, 6) is -0.170. The van der Waals surface area contributed by atoms with E-state index >= 15 is 0 Å². The Morgan fingerprint density at radius 1 is 1.25 bits per heavy atom. The molecule has 7 heteroatoms. The number of carbonyl (C=O) groups is 2. The first kappa shape index (κ1) is 16.2. The molecule has 0 unspecified atom stereocenters. The van der Waals surface area contributed by atoms with Crippen molar-refractivity contribution in [2.75, 3.05) is 19.6 Å². The van der Waals surface area contributed by atoms with E-state index in [-0.39, 0.29) is 23.3 Å². The lowest BCUT2D eigenvalue weighted by Gasteiger charge is -2.30. The summed E-state index contributed by atoms with van der Waals surface area (Å²) in [5.41, 5.74) is 0.798. The van der Waals surface area contributed by atoms with Gasteiger partial charge in [0.25, 0.3) is 5.91 Å². The monoisotopic (exact) mass is 331 g/mol. The Labute approximate surface area is 138 Å². The van der Waals surface area contributed by atoms with Crippen LogP contribution in [0.3, 0.4) is 0 Å². The number of rotatable bonds is 6. The van der Waals surface area contributed by atoms with Gasteiger partial charge in [-0.1, -0.05) is 5.16 Å². The van der Waals surface area contributed by atoms with Crippen LogP contribution in [0.25, 0.3) is 11.3 Å². The van der Waals surface area contributed by atoms with Crippen molar-refractivity contribution in [1.82, 2.24) is 15.4 Å². The molecule has 1 aromatic carbocycles. The molecule has 1 saturated heterocycles. The predicted molar refractivity (Wildman–Crippen MR) is 84.7 cm³/mol. The SMILES string of the molecule is O=C(NCCCC(=O)N1CCC1)c1cc(-c2ccc(F)cc2)on1. The van der Waals surface area contributed by atoms with Crippen LogP contribution in [0.4, 0.5) is 4.39 Å². The van der Waals surface area contributed by atoms with Gasteiger partial charge in [0.1, 0.15) is 5.82 Å². The molecule has 0 radical (unpaired) electrons. The number of carbonyl (C=O) groups excluding carboxylic acids is 2. The highest BCUT2D eigenvalue weighted by Crippen LogP contribution is 2.20. The van der Waals surface area contributed by atoms with Crippen molar-refractivity contribution >= 4 is 11.8 Å². The van der Waals surface area contributed by atoms with Gasteiger partial charge >= 0.3 is 0 Å². The molecule has 2 aromatic rings. The van der Waals surface area contributed by atoms with Gasteiger partial charge in [0, 0.05) is 37.7 Å². The molecule has 0 atom stereocenters. The van der Waals surface area contributed by atoms with E-state index in [1.807, 2.05) is 4.90 Å². The molecule has 24 heavy (non-hydrogen) atoms. The van der Waals surface area contributed by atoms with Crippen LogP contribution in [-0.4, -0.2) is 41.5 Å². The van der Waals surface area contributed by atoms with Crippen molar-refractivity contribution in [2.24, 2.45) is 0 Å². The zero-order valence-electron chi connectivity index (χ0n) is 13.1. The molecule has 126 valence electrons. The minimum absolute atomic E-state index is 0.135. The second-order valence-corrected chi connectivity index (χ2v) is 5.68. The van der Waals surface area contributed by atoms with Gasteiger partial charge in [-0.3, -0.25) is 9.59 Å². The molecule has 1 aliphatic rings. The molecule has 2 amide bonds. The highest BCUT2D eigenvalue weighted by Gasteiger charge is 2.19. The number of aromatic nitrogens is 1. The van der Waals surface area contributed by atoms with Crippen molar-refractivity contribution in [1.29, 1.82) is 0 Å². The molecule has 0 spiro atoms. The van der Waals surface area contributed by atoms with Gasteiger partial charge in [-0.05, 0) is 37.1 Å². The van der Waals surface area contributed by atoms with E-state index in [4.69, 9.17) is 4.52 Å². The van der Waals surface area contributed by atoms with Crippen LogP contribution in [-0.2, 0) is 4.79 Å². The van der Waals surface area contributed by atoms with E-state index in [2.05, 4.69) is 10.5 Å². The Bertz CT molecular complexity index is 723. The summed E-state index contributed by atoms with van der Waals surface area (Å²) in [4.78, 5) is 25.5. The smallest absolute Gasteiger partial charge is 0.273 e. The lowest BCUT2D eigenvalue weighted by atomic mass is 10.1. The topological polar surface area (TPSA) is 75.4 Å². The average Bonchev–Trinajstić information content (AvgIpc) is 3.00. The number of likely N-dealkylation sites (tertiary alicyclic amines) is 1. The zero-order chi connectivity index (χ0) is 16.9. The maximum atomic E-state index is 12.9. The Kier molecular flexibility index (Phi) is 4.88. The molecular formula is C17H18FN3O3. The van der Waals surface area contributed by atoms with Crippen LogP contribution < -0.4 is 5.32 Å². The van der Waals surface area contributed by atoms with E-state index in [1.165, 1.54) is 18.2 Å². The molecule has 1 N–H and O–H groups in total. The molecule has 1 aliphatic heterocycles. The van der Waals surface area contributed by atoms with E-state index in [1.54, 1.807) is 12.1 Å². The van der Waals surface area contributed by atoms with Crippen molar-refractivity contribution in [3.8, 4) is 11.3 Å². The molecule has 0 bridgehead atoms. The first-order valence-electron chi connectivity index (χ1n) is 7.92. The number of hydrogen-bond acceptors (Lipinski definition) is 4. The number of hydrogen-bond donors (Lipinski definition) is 1. The number of benzene rings is 1. The molecule has 6 nitrogen and oxygen atoms in total. The minimum Gasteiger partial charge on any atom is -0.355 e. The summed E-state index contributed by atoms with van der Waals surface area (Å²) in [6.07, 6.45) is 2.09. The molecule has 0 saturated carbocycles. The average molecular weight is 331 g/mol. The molecule has 0 aliphatic carbocycles. The molecule has 1 aromatic heterocycles. The number of nitrogens with zero attached hydrogens (tertiary/aromatic N) is 2. The zero-order valence-corrected chi connectivity index (χ0v) is 13.1. The van der Waals surface area contributed by atoms with Crippen LogP contribution in [0.2, 0.25) is 0 Å². The third-order valence-electron chi connectivity index (χ3n) is 3.93. The standard InChI is InChI=1S/C17H18FN3O3/c18-13-6-4-12(5-7-13)15-11-14(20-24-15)17(23)19-8-1-3-16(22)21-9-2-10-21/h4-7,11H,1-3,8-10H2,(H,19,23). The first-order valence-corrected chi connectivity index (χ1v) is 7.92. The summed E-state index contributed by atoms with van der Waals surface area (Å²) < 4.78 is 18.0. The summed E-state index contributed by atoms with van der Waals surface area (Å²) in [5, 5.41) is 6.43. The Hall–Kier alpha value is -2.70. The minimum atomic E-state index is -0.358. The maximum Gasteiger partial charge on any atom is 0.273 e. The lowest BCUT2D eigenvalue weighted by Crippen LogP contribution is -2.42. The Morgan fingerprint density at radius 3 is 2.67 bits per heavy atom. The van der Waals surface area contributed by atoms with Crippen LogP contribution in [0.15, 0.2) is 34.9 Å². The van der Waals surface area contributed by atoms with Crippen LogP contribution in [0.1, 0.15) is 29.8 Å². The second-order valence-electron chi connectivity index (χ2n) is 5.68. The number of nitrogens with one attached hydrogen (secondary N) is 1. The van der Waals surface area contributed by atoms with Crippen molar-refractivity contribution in [2.45, 2.75) is 19.3 Å². The number of halogens is 1. The maximum absolute atomic E-state index is 12.9. The van der Waals surface area contributed by atoms with Crippen LogP contribution in [0.5, 0.6) is 0 Å². The molecule has 1 fully saturated rings. The quantitative estimate of drug-likeness (QED) is 0.824. The third kappa shape index (κ3) is 3.79. The highest BCUT2D eigenvalue weighted by molar-refractivity contribution is 5.93. The fraction of sp³-hybridized carbons (Fsp3) is 0.353. The first-order chi connectivity index (χ1) is 11.6. The normalized spacial score (nSPS) is 13.5. The van der Waals surface area contributed by atoms with E-state index in [9.17, 15) is 14.0 Å². The van der Waals surface area contributed by atoms with Crippen molar-refractivity contribution in [3.63, 3.8) is 0 Å². The van der Waals surface area contributed by atoms with E-state index < -0.39 is 0 Å². The van der Waals surface area contributed by atoms with E-state index in [0.29, 0.717) is 30.7 Å². The van der Waals surface area contributed by atoms with Gasteiger partial charge in [0.15, 0.2) is 11.5 Å². The van der Waals surface area contributed by atoms with E-state index in [0.717, 1.165) is 19.5 Å². The number of amides is 2. The van der Waals surface area contributed by atoms with Gasteiger partial charge in [0.2, 0.25) is 5.91 Å². The fourth-order valence-corrected chi connectivity index (χ4v) is 2.39. The summed E-state index contributed by atoms with van der Waals surface area (Å²) in [6, 6.07) is 7.24.